The molecule has 4 nitrogen and oxygen atoms in total. The molecule has 5 aliphatic rings. The van der Waals surface area contributed by atoms with Crippen molar-refractivity contribution in [3.05, 3.63) is 0 Å². The summed E-state index contributed by atoms with van der Waals surface area (Å²) >= 11 is 0. The van der Waals surface area contributed by atoms with Crippen LogP contribution in [-0.4, -0.2) is 46.8 Å². The van der Waals surface area contributed by atoms with E-state index in [1.165, 1.54) is 0 Å². The molecule has 5 fully saturated rings. The van der Waals surface area contributed by atoms with Gasteiger partial charge in [-0.15, -0.1) is 0 Å². The molecule has 2 saturated carbocycles. The van der Waals surface area contributed by atoms with E-state index in [4.69, 9.17) is 14.2 Å². The van der Waals surface area contributed by atoms with Crippen molar-refractivity contribution in [2.75, 3.05) is 0 Å². The molecule has 3 aliphatic heterocycles. The first kappa shape index (κ1) is 7.17. The molecule has 0 radical (unpaired) electrons. The van der Waals surface area contributed by atoms with Gasteiger partial charge in [0.15, 0.2) is 5.60 Å². The van der Waals surface area contributed by atoms with E-state index in [9.17, 15) is 5.11 Å². The van der Waals surface area contributed by atoms with E-state index in [-0.39, 0.29) is 35.6 Å². The Morgan fingerprint density at radius 3 is 3.07 bits per heavy atom. The van der Waals surface area contributed by atoms with Gasteiger partial charge >= 0.3 is 0 Å². The molecule has 3 saturated heterocycles. The molecule has 0 amide bonds. The third kappa shape index (κ3) is 0.480. The summed E-state index contributed by atoms with van der Waals surface area (Å²) in [5.41, 5.74) is -0.527. The maximum Gasteiger partial charge on any atom is 0.154 e. The molecule has 14 heavy (non-hydrogen) atoms. The minimum Gasteiger partial charge on any atom is -0.387 e. The molecule has 0 bridgehead atoms. The smallest absolute Gasteiger partial charge is 0.154 e. The van der Waals surface area contributed by atoms with Crippen LogP contribution < -0.4 is 0 Å². The zero-order valence-corrected chi connectivity index (χ0v) is 7.68. The number of rotatable bonds is 0. The molecule has 1 N–H and O–H groups in total. The number of hydrogen-bond donors (Lipinski definition) is 1. The highest BCUT2D eigenvalue weighted by Crippen LogP contribution is 2.72. The molecule has 0 aromatic heterocycles. The van der Waals surface area contributed by atoms with Crippen LogP contribution in [0.15, 0.2) is 0 Å². The van der Waals surface area contributed by atoms with E-state index in [0.717, 1.165) is 19.3 Å². The van der Waals surface area contributed by atoms with Crippen LogP contribution in [-0.2, 0) is 14.2 Å². The zero-order valence-electron chi connectivity index (χ0n) is 7.68. The molecule has 0 aromatic rings. The first-order chi connectivity index (χ1) is 6.80. The van der Waals surface area contributed by atoms with E-state index in [1.54, 1.807) is 0 Å². The summed E-state index contributed by atoms with van der Waals surface area (Å²) in [6.07, 6.45) is 3.45. The van der Waals surface area contributed by atoms with Crippen molar-refractivity contribution in [1.82, 2.24) is 0 Å². The molecule has 7 unspecified atom stereocenters. The van der Waals surface area contributed by atoms with Crippen LogP contribution in [0.3, 0.4) is 0 Å². The Morgan fingerprint density at radius 2 is 2.14 bits per heavy atom. The van der Waals surface area contributed by atoms with Gasteiger partial charge in [0, 0.05) is 0 Å². The summed E-state index contributed by atoms with van der Waals surface area (Å²) < 4.78 is 17.1. The van der Waals surface area contributed by atoms with E-state index in [0.29, 0.717) is 0 Å². The molecule has 5 rings (SSSR count). The maximum atomic E-state index is 10.2. The SMILES string of the molecule is OC1C2OC2C2OC23CCCC2OC213. The highest BCUT2D eigenvalue weighted by Gasteiger charge is 2.91. The van der Waals surface area contributed by atoms with Gasteiger partial charge in [-0.2, -0.15) is 0 Å². The Labute approximate surface area is 81.1 Å². The van der Waals surface area contributed by atoms with Gasteiger partial charge < -0.3 is 19.3 Å². The van der Waals surface area contributed by atoms with E-state index in [2.05, 4.69) is 0 Å². The summed E-state index contributed by atoms with van der Waals surface area (Å²) in [7, 11) is 0. The molecule has 4 heteroatoms. The second kappa shape index (κ2) is 1.67. The predicted octanol–water partition coefficient (Wildman–Crippen LogP) is -0.413. The summed E-state index contributed by atoms with van der Waals surface area (Å²) in [4.78, 5) is 0. The largest absolute Gasteiger partial charge is 0.387 e. The minimum absolute atomic E-state index is 0.00118. The Morgan fingerprint density at radius 1 is 1.21 bits per heavy atom. The van der Waals surface area contributed by atoms with E-state index < -0.39 is 6.10 Å². The monoisotopic (exact) mass is 196 g/mol. The van der Waals surface area contributed by atoms with Crippen molar-refractivity contribution >= 4 is 0 Å². The summed E-state index contributed by atoms with van der Waals surface area (Å²) in [6.45, 7) is 0. The first-order valence-corrected chi connectivity index (χ1v) is 5.49. The summed E-state index contributed by atoms with van der Waals surface area (Å²) in [5, 5.41) is 10.2. The van der Waals surface area contributed by atoms with Gasteiger partial charge in [0.1, 0.15) is 30.0 Å². The first-order valence-electron chi connectivity index (χ1n) is 5.49. The lowest BCUT2D eigenvalue weighted by Gasteiger charge is -2.31. The Balaban J connectivity index is 1.69. The molecular weight excluding hydrogens is 184 g/mol. The van der Waals surface area contributed by atoms with Crippen LogP contribution >= 0.6 is 0 Å². The minimum atomic E-state index is -0.448. The lowest BCUT2D eigenvalue weighted by Crippen LogP contribution is -2.55. The third-order valence-corrected chi connectivity index (χ3v) is 4.78. The van der Waals surface area contributed by atoms with Crippen molar-refractivity contribution in [3.8, 4) is 0 Å². The standard InChI is InChI=1S/C10H12O4/c11-7-5-6(12-5)8-9(14-8)3-1-2-4-10(7,9)13-4/h4-8,11H,1-3H2. The van der Waals surface area contributed by atoms with Crippen LogP contribution in [0.4, 0.5) is 0 Å². The van der Waals surface area contributed by atoms with Crippen molar-refractivity contribution < 1.29 is 19.3 Å². The third-order valence-electron chi connectivity index (χ3n) is 4.78. The molecular formula is C10H12O4. The predicted molar refractivity (Wildman–Crippen MR) is 43.7 cm³/mol. The second-order valence-corrected chi connectivity index (χ2v) is 5.23. The van der Waals surface area contributed by atoms with Gasteiger partial charge in [-0.3, -0.25) is 0 Å². The van der Waals surface area contributed by atoms with Crippen molar-refractivity contribution in [3.63, 3.8) is 0 Å². The quantitative estimate of drug-likeness (QED) is 0.535. The number of ether oxygens (including phenoxy) is 3. The zero-order chi connectivity index (χ0) is 9.13. The number of aliphatic hydroxyl groups excluding tert-OH is 1. The number of fused-ring (bicyclic) bond motifs is 2. The number of hydrogen-bond acceptors (Lipinski definition) is 4. The Hall–Kier alpha value is -0.160. The lowest BCUT2D eigenvalue weighted by atomic mass is 9.68. The fraction of sp³-hybridized carbons (Fsp3) is 1.00. The number of aliphatic hydroxyl groups is 1. The van der Waals surface area contributed by atoms with Crippen LogP contribution in [0.1, 0.15) is 19.3 Å². The molecule has 0 aromatic carbocycles. The highest BCUT2D eigenvalue weighted by molar-refractivity contribution is 5.39. The lowest BCUT2D eigenvalue weighted by molar-refractivity contribution is -0.000910. The summed E-state index contributed by atoms with van der Waals surface area (Å²) in [5.74, 6) is 0. The van der Waals surface area contributed by atoms with Gasteiger partial charge in [-0.05, 0) is 19.3 Å². The van der Waals surface area contributed by atoms with Gasteiger partial charge in [-0.25, -0.2) is 0 Å². The van der Waals surface area contributed by atoms with Gasteiger partial charge in [0.05, 0.1) is 6.10 Å². The average Bonchev–Trinajstić information content (AvgIpc) is 3.04. The Kier molecular flexibility index (Phi) is 0.855. The van der Waals surface area contributed by atoms with Crippen LogP contribution in [0.5, 0.6) is 0 Å². The van der Waals surface area contributed by atoms with Gasteiger partial charge in [-0.1, -0.05) is 0 Å². The molecule has 2 spiro atoms. The van der Waals surface area contributed by atoms with Crippen molar-refractivity contribution in [2.24, 2.45) is 0 Å². The van der Waals surface area contributed by atoms with Crippen LogP contribution in [0.2, 0.25) is 0 Å². The molecule has 3 heterocycles. The van der Waals surface area contributed by atoms with Gasteiger partial charge in [0.2, 0.25) is 0 Å². The van der Waals surface area contributed by atoms with Crippen LogP contribution in [0, 0.1) is 0 Å². The second-order valence-electron chi connectivity index (χ2n) is 5.23. The fourth-order valence-corrected chi connectivity index (χ4v) is 4.02. The normalized spacial score (nSPS) is 76.5. The number of epoxide rings is 3. The summed E-state index contributed by atoms with van der Waals surface area (Å²) in [6, 6.07) is 0. The Bertz CT molecular complexity index is 345. The van der Waals surface area contributed by atoms with Crippen molar-refractivity contribution in [2.45, 2.75) is 61.0 Å². The van der Waals surface area contributed by atoms with E-state index in [1.807, 2.05) is 0 Å². The topological polar surface area (TPSA) is 57.8 Å². The molecule has 7 atom stereocenters. The van der Waals surface area contributed by atoms with Crippen LogP contribution in [0.25, 0.3) is 0 Å². The maximum absolute atomic E-state index is 10.2. The molecule has 76 valence electrons. The van der Waals surface area contributed by atoms with E-state index >= 15 is 0 Å². The highest BCUT2D eigenvalue weighted by atomic mass is 16.7. The molecule has 2 aliphatic carbocycles. The fourth-order valence-electron chi connectivity index (χ4n) is 4.02. The van der Waals surface area contributed by atoms with Crippen molar-refractivity contribution in [1.29, 1.82) is 0 Å². The van der Waals surface area contributed by atoms with Gasteiger partial charge in [0.25, 0.3) is 0 Å². The average molecular weight is 196 g/mol.